The molecular weight excluding hydrogens is 310 g/mol. The molecule has 1 amide bonds. The van der Waals surface area contributed by atoms with E-state index in [0.29, 0.717) is 18.3 Å². The van der Waals surface area contributed by atoms with E-state index in [0.717, 1.165) is 5.75 Å². The zero-order chi connectivity index (χ0) is 15.2. The Kier molecular flexibility index (Phi) is 5.46. The quantitative estimate of drug-likeness (QED) is 0.719. The van der Waals surface area contributed by atoms with Gasteiger partial charge >= 0.3 is 0 Å². The van der Waals surface area contributed by atoms with E-state index in [9.17, 15) is 4.79 Å². The molecule has 0 spiro atoms. The second kappa shape index (κ2) is 7.75. The van der Waals surface area contributed by atoms with Crippen molar-refractivity contribution in [2.75, 3.05) is 11.5 Å². The lowest BCUT2D eigenvalue weighted by Gasteiger charge is -2.22. The van der Waals surface area contributed by atoms with Crippen molar-refractivity contribution < 1.29 is 4.79 Å². The van der Waals surface area contributed by atoms with E-state index in [2.05, 4.69) is 24.3 Å². The maximum atomic E-state index is 12.6. The summed E-state index contributed by atoms with van der Waals surface area (Å²) in [5.74, 6) is 2.14. The summed E-state index contributed by atoms with van der Waals surface area (Å²) in [7, 11) is 0. The van der Waals surface area contributed by atoms with E-state index in [1.54, 1.807) is 0 Å². The van der Waals surface area contributed by atoms with Crippen LogP contribution in [0.5, 0.6) is 0 Å². The van der Waals surface area contributed by atoms with Crippen LogP contribution in [-0.2, 0) is 13.1 Å². The first-order valence-electron chi connectivity index (χ1n) is 7.42. The van der Waals surface area contributed by atoms with Crippen molar-refractivity contribution in [1.29, 1.82) is 0 Å². The van der Waals surface area contributed by atoms with Gasteiger partial charge in [0.25, 0.3) is 5.24 Å². The van der Waals surface area contributed by atoms with Crippen molar-refractivity contribution in [3.63, 3.8) is 0 Å². The Morgan fingerprint density at radius 2 is 1.50 bits per heavy atom. The van der Waals surface area contributed by atoms with Gasteiger partial charge < -0.3 is 4.90 Å². The fraction of sp³-hybridized carbons (Fsp3) is 0.278. The van der Waals surface area contributed by atoms with E-state index in [-0.39, 0.29) is 5.24 Å². The molecule has 2 nitrogen and oxygen atoms in total. The zero-order valence-corrected chi connectivity index (χ0v) is 14.0. The number of benzene rings is 2. The van der Waals surface area contributed by atoms with Gasteiger partial charge in [-0.05, 0) is 11.1 Å². The molecule has 1 aliphatic rings. The van der Waals surface area contributed by atoms with Crippen LogP contribution in [0.3, 0.4) is 0 Å². The summed E-state index contributed by atoms with van der Waals surface area (Å²) < 4.78 is 0. The highest BCUT2D eigenvalue weighted by Gasteiger charge is 2.25. The smallest absolute Gasteiger partial charge is 0.282 e. The average molecular weight is 329 g/mol. The number of carbonyl (C=O) groups excluding carboxylic acids is 1. The number of thioether (sulfide) groups is 2. The highest BCUT2D eigenvalue weighted by atomic mass is 32.2. The number of nitrogens with zero attached hydrogens (tertiary/aromatic N) is 1. The van der Waals surface area contributed by atoms with Crippen molar-refractivity contribution in [2.24, 2.45) is 0 Å². The lowest BCUT2D eigenvalue weighted by Crippen LogP contribution is -2.27. The Bertz CT molecular complexity index is 557. The van der Waals surface area contributed by atoms with Crippen LogP contribution in [0.1, 0.15) is 11.1 Å². The normalized spacial score (nSPS) is 16.3. The molecule has 0 bridgehead atoms. The summed E-state index contributed by atoms with van der Waals surface area (Å²) >= 11 is 3.40. The molecule has 1 aliphatic heterocycles. The van der Waals surface area contributed by atoms with Gasteiger partial charge in [0.05, 0.1) is 0 Å². The molecule has 2 aromatic rings. The molecule has 2 aromatic carbocycles. The average Bonchev–Trinajstić information content (AvgIpc) is 3.38. The number of hydrogen-bond acceptors (Lipinski definition) is 3. The van der Waals surface area contributed by atoms with Crippen molar-refractivity contribution >= 4 is 28.8 Å². The number of carbonyl (C=O) groups is 1. The van der Waals surface area contributed by atoms with Crippen LogP contribution in [0.2, 0.25) is 0 Å². The standard InChI is InChI=1S/C18H19NOS2/c20-18(22-14-17-13-21-17)19(11-15-7-3-1-4-8-15)12-16-9-5-2-6-10-16/h1-10,17H,11-14H2. The van der Waals surface area contributed by atoms with Gasteiger partial charge in [-0.25, -0.2) is 0 Å². The molecule has 1 saturated heterocycles. The Hall–Kier alpha value is -1.39. The molecule has 1 fully saturated rings. The predicted octanol–water partition coefficient (Wildman–Crippen LogP) is 4.66. The molecule has 1 unspecified atom stereocenters. The minimum absolute atomic E-state index is 0.181. The van der Waals surface area contributed by atoms with E-state index >= 15 is 0 Å². The maximum Gasteiger partial charge on any atom is 0.282 e. The third-order valence-electron chi connectivity index (χ3n) is 3.49. The molecule has 0 aliphatic carbocycles. The highest BCUT2D eigenvalue weighted by Crippen LogP contribution is 2.33. The Labute approximate surface area is 140 Å². The Morgan fingerprint density at radius 1 is 1.00 bits per heavy atom. The number of rotatable bonds is 6. The molecule has 4 heteroatoms. The first-order chi connectivity index (χ1) is 10.8. The fourth-order valence-electron chi connectivity index (χ4n) is 2.21. The highest BCUT2D eigenvalue weighted by molar-refractivity contribution is 8.15. The summed E-state index contributed by atoms with van der Waals surface area (Å²) in [5.41, 5.74) is 2.35. The van der Waals surface area contributed by atoms with Gasteiger partial charge in [-0.15, -0.1) is 0 Å². The fourth-order valence-corrected chi connectivity index (χ4v) is 3.96. The molecule has 0 N–H and O–H groups in total. The number of hydrogen-bond donors (Lipinski definition) is 0. The van der Waals surface area contributed by atoms with Crippen LogP contribution in [-0.4, -0.2) is 26.9 Å². The topological polar surface area (TPSA) is 20.3 Å². The maximum absolute atomic E-state index is 12.6. The van der Waals surface area contributed by atoms with Crippen molar-refractivity contribution in [1.82, 2.24) is 4.90 Å². The Balaban J connectivity index is 1.67. The monoisotopic (exact) mass is 329 g/mol. The summed E-state index contributed by atoms with van der Waals surface area (Å²) in [5, 5.41) is 0.865. The van der Waals surface area contributed by atoms with E-state index in [1.165, 1.54) is 28.6 Å². The SMILES string of the molecule is O=C(SCC1CS1)N(Cc1ccccc1)Cc1ccccc1. The minimum Gasteiger partial charge on any atom is -0.325 e. The molecule has 22 heavy (non-hydrogen) atoms. The zero-order valence-electron chi connectivity index (χ0n) is 12.4. The summed E-state index contributed by atoms with van der Waals surface area (Å²) in [6.07, 6.45) is 0. The van der Waals surface area contributed by atoms with Gasteiger partial charge in [0.1, 0.15) is 0 Å². The second-order valence-corrected chi connectivity index (χ2v) is 7.66. The van der Waals surface area contributed by atoms with E-state index in [4.69, 9.17) is 0 Å². The van der Waals surface area contributed by atoms with Gasteiger partial charge in [0.15, 0.2) is 0 Å². The van der Waals surface area contributed by atoms with Gasteiger partial charge in [-0.1, -0.05) is 72.4 Å². The van der Waals surface area contributed by atoms with Crippen LogP contribution >= 0.6 is 23.5 Å². The van der Waals surface area contributed by atoms with Crippen LogP contribution in [0, 0.1) is 0 Å². The molecule has 0 aromatic heterocycles. The lowest BCUT2D eigenvalue weighted by atomic mass is 10.2. The van der Waals surface area contributed by atoms with Crippen molar-refractivity contribution in [2.45, 2.75) is 18.3 Å². The predicted molar refractivity (Wildman–Crippen MR) is 96.2 cm³/mol. The van der Waals surface area contributed by atoms with Crippen LogP contribution in [0.15, 0.2) is 60.7 Å². The summed E-state index contributed by atoms with van der Waals surface area (Å²) in [4.78, 5) is 14.5. The van der Waals surface area contributed by atoms with E-state index in [1.807, 2.05) is 53.1 Å². The van der Waals surface area contributed by atoms with E-state index < -0.39 is 0 Å². The van der Waals surface area contributed by atoms with Crippen LogP contribution in [0.4, 0.5) is 4.79 Å². The molecule has 114 valence electrons. The third kappa shape index (κ3) is 4.82. The third-order valence-corrected chi connectivity index (χ3v) is 5.74. The largest absolute Gasteiger partial charge is 0.325 e. The summed E-state index contributed by atoms with van der Waals surface area (Å²) in [6, 6.07) is 20.4. The van der Waals surface area contributed by atoms with Gasteiger partial charge in [0, 0.05) is 29.8 Å². The first kappa shape index (κ1) is 15.5. The molecule has 1 atom stereocenters. The molecule has 1 heterocycles. The van der Waals surface area contributed by atoms with Gasteiger partial charge in [0.2, 0.25) is 0 Å². The van der Waals surface area contributed by atoms with Crippen LogP contribution in [0.25, 0.3) is 0 Å². The first-order valence-corrected chi connectivity index (χ1v) is 9.46. The molecule has 0 radical (unpaired) electrons. The molecule has 0 saturated carbocycles. The number of amides is 1. The summed E-state index contributed by atoms with van der Waals surface area (Å²) in [6.45, 7) is 1.33. The van der Waals surface area contributed by atoms with Gasteiger partial charge in [-0.3, -0.25) is 4.79 Å². The lowest BCUT2D eigenvalue weighted by molar-refractivity contribution is 0.218. The second-order valence-electron chi connectivity index (χ2n) is 5.36. The van der Waals surface area contributed by atoms with Crippen molar-refractivity contribution in [3.05, 3.63) is 71.8 Å². The van der Waals surface area contributed by atoms with Crippen molar-refractivity contribution in [3.8, 4) is 0 Å². The molecular formula is C18H19NOS2. The molecule has 3 rings (SSSR count). The van der Waals surface area contributed by atoms with Gasteiger partial charge in [-0.2, -0.15) is 11.8 Å². The van der Waals surface area contributed by atoms with Crippen LogP contribution < -0.4 is 0 Å². The minimum atomic E-state index is 0.181. The Morgan fingerprint density at radius 3 is 1.95 bits per heavy atom.